The van der Waals surface area contributed by atoms with Gasteiger partial charge in [0.25, 0.3) is 0 Å². The summed E-state index contributed by atoms with van der Waals surface area (Å²) in [5.74, 6) is -2.44. The smallest absolute Gasteiger partial charge is 0.338 e. The number of hydrogen-bond acceptors (Lipinski definition) is 8. The summed E-state index contributed by atoms with van der Waals surface area (Å²) in [6.45, 7) is 4.72. The maximum atomic E-state index is 12.3. The fraction of sp³-hybridized carbons (Fsp3) is 0.682. The molecule has 0 spiro atoms. The van der Waals surface area contributed by atoms with Crippen molar-refractivity contribution >= 4 is 13.6 Å². The van der Waals surface area contributed by atoms with Crippen molar-refractivity contribution in [1.82, 2.24) is 0 Å². The van der Waals surface area contributed by atoms with Crippen LogP contribution >= 0.6 is 7.60 Å². The lowest BCUT2D eigenvalue weighted by Gasteiger charge is -2.16. The van der Waals surface area contributed by atoms with Crippen molar-refractivity contribution in [1.29, 1.82) is 0 Å². The number of rotatable bonds is 17. The molecule has 0 radical (unpaired) electrons. The summed E-state index contributed by atoms with van der Waals surface area (Å²) in [6, 6.07) is 2.12. The Morgan fingerprint density at radius 3 is 1.74 bits per heavy atom. The third-order valence-electron chi connectivity index (χ3n) is 4.77. The first kappa shape index (κ1) is 27.3. The van der Waals surface area contributed by atoms with Gasteiger partial charge in [-0.15, -0.1) is 0 Å². The number of phenolic OH excluding ortho intramolecular Hbond substituents is 3. The Bertz CT molecular complexity index is 674. The molecule has 3 N–H and O–H groups in total. The van der Waals surface area contributed by atoms with Crippen molar-refractivity contribution in [3.05, 3.63) is 17.7 Å². The van der Waals surface area contributed by atoms with Crippen LogP contribution < -0.4 is 0 Å². The fourth-order valence-electron chi connectivity index (χ4n) is 3.17. The van der Waals surface area contributed by atoms with Crippen molar-refractivity contribution in [2.75, 3.05) is 26.0 Å². The van der Waals surface area contributed by atoms with E-state index in [1.807, 2.05) is 13.8 Å². The zero-order valence-electron chi connectivity index (χ0n) is 18.7. The summed E-state index contributed by atoms with van der Waals surface area (Å²) >= 11 is 0. The van der Waals surface area contributed by atoms with Crippen LogP contribution in [0.15, 0.2) is 12.1 Å². The summed E-state index contributed by atoms with van der Waals surface area (Å²) in [7, 11) is -2.90. The minimum absolute atomic E-state index is 0.00772. The molecule has 9 heteroatoms. The van der Waals surface area contributed by atoms with Crippen LogP contribution in [-0.4, -0.2) is 47.3 Å². The molecular formula is C22H37O8P. The zero-order valence-corrected chi connectivity index (χ0v) is 19.6. The van der Waals surface area contributed by atoms with Crippen molar-refractivity contribution in [3.63, 3.8) is 0 Å². The standard InChI is InChI=1S/C22H37O8P/c1-3-29-31(27,30-4-2)15-13-11-9-7-5-6-8-10-12-14-28-22(26)18-16-19(23)21(25)20(24)17-18/h16-17,23-25H,3-15H2,1-2H3. The average Bonchev–Trinajstić information content (AvgIpc) is 2.72. The van der Waals surface area contributed by atoms with Gasteiger partial charge in [0.1, 0.15) is 0 Å². The third-order valence-corrected chi connectivity index (χ3v) is 6.93. The molecule has 0 atom stereocenters. The normalized spacial score (nSPS) is 11.5. The molecule has 0 unspecified atom stereocenters. The molecule has 178 valence electrons. The topological polar surface area (TPSA) is 123 Å². The van der Waals surface area contributed by atoms with Gasteiger partial charge in [0.15, 0.2) is 17.2 Å². The van der Waals surface area contributed by atoms with E-state index in [9.17, 15) is 24.7 Å². The van der Waals surface area contributed by atoms with Gasteiger partial charge in [0.05, 0.1) is 31.5 Å². The molecule has 1 aromatic carbocycles. The minimum Gasteiger partial charge on any atom is -0.504 e. The summed E-state index contributed by atoms with van der Waals surface area (Å²) < 4.78 is 28.0. The predicted octanol–water partition coefficient (Wildman–Crippen LogP) is 5.74. The van der Waals surface area contributed by atoms with Gasteiger partial charge in [-0.25, -0.2) is 4.79 Å². The van der Waals surface area contributed by atoms with Crippen LogP contribution in [0.1, 0.15) is 82.0 Å². The number of carbonyl (C=O) groups excluding carboxylic acids is 1. The first-order chi connectivity index (χ1) is 14.8. The first-order valence-corrected chi connectivity index (χ1v) is 12.9. The van der Waals surface area contributed by atoms with Crippen LogP contribution in [0, 0.1) is 0 Å². The maximum absolute atomic E-state index is 12.3. The van der Waals surface area contributed by atoms with Gasteiger partial charge >= 0.3 is 13.6 Å². The molecule has 0 aliphatic rings. The Balaban J connectivity index is 2.02. The molecule has 0 aliphatic heterocycles. The lowest BCUT2D eigenvalue weighted by atomic mass is 10.1. The molecule has 0 heterocycles. The summed E-state index contributed by atoms with van der Waals surface area (Å²) in [4.78, 5) is 11.9. The van der Waals surface area contributed by atoms with Gasteiger partial charge in [-0.05, 0) is 38.8 Å². The Kier molecular flexibility index (Phi) is 13.3. The molecular weight excluding hydrogens is 423 g/mol. The lowest BCUT2D eigenvalue weighted by Crippen LogP contribution is -2.06. The Morgan fingerprint density at radius 1 is 0.806 bits per heavy atom. The quantitative estimate of drug-likeness (QED) is 0.116. The Labute approximate surface area is 185 Å². The molecule has 0 aliphatic carbocycles. The maximum Gasteiger partial charge on any atom is 0.338 e. The number of esters is 1. The number of benzene rings is 1. The number of ether oxygens (including phenoxy) is 1. The van der Waals surface area contributed by atoms with E-state index in [0.29, 0.717) is 19.4 Å². The highest BCUT2D eigenvalue weighted by molar-refractivity contribution is 7.53. The van der Waals surface area contributed by atoms with E-state index in [1.54, 1.807) is 0 Å². The van der Waals surface area contributed by atoms with E-state index >= 15 is 0 Å². The van der Waals surface area contributed by atoms with E-state index < -0.39 is 30.8 Å². The van der Waals surface area contributed by atoms with Crippen molar-refractivity contribution in [2.24, 2.45) is 0 Å². The number of carbonyl (C=O) groups is 1. The predicted molar refractivity (Wildman–Crippen MR) is 119 cm³/mol. The largest absolute Gasteiger partial charge is 0.504 e. The molecule has 8 nitrogen and oxygen atoms in total. The van der Waals surface area contributed by atoms with Crippen LogP contribution in [0.3, 0.4) is 0 Å². The van der Waals surface area contributed by atoms with Gasteiger partial charge in [0.2, 0.25) is 0 Å². The Hall–Kier alpha value is -1.76. The minimum atomic E-state index is -2.90. The number of aromatic hydroxyl groups is 3. The van der Waals surface area contributed by atoms with Crippen LogP contribution in [0.2, 0.25) is 0 Å². The lowest BCUT2D eigenvalue weighted by molar-refractivity contribution is 0.0496. The molecule has 31 heavy (non-hydrogen) atoms. The van der Waals surface area contributed by atoms with Crippen LogP contribution in [0.25, 0.3) is 0 Å². The molecule has 0 saturated heterocycles. The molecule has 1 aromatic rings. The molecule has 0 amide bonds. The van der Waals surface area contributed by atoms with Crippen LogP contribution in [0.5, 0.6) is 17.2 Å². The van der Waals surface area contributed by atoms with Crippen molar-refractivity contribution in [3.8, 4) is 17.2 Å². The van der Waals surface area contributed by atoms with E-state index in [1.165, 1.54) is 0 Å². The molecule has 0 fully saturated rings. The Morgan fingerprint density at radius 2 is 1.26 bits per heavy atom. The second-order valence-corrected chi connectivity index (χ2v) is 9.54. The van der Waals surface area contributed by atoms with E-state index in [4.69, 9.17) is 13.8 Å². The second kappa shape index (κ2) is 15.1. The molecule has 0 saturated carbocycles. The summed E-state index contributed by atoms with van der Waals surface area (Å²) in [6.07, 6.45) is 9.58. The van der Waals surface area contributed by atoms with Crippen LogP contribution in [0.4, 0.5) is 0 Å². The molecule has 0 bridgehead atoms. The van der Waals surface area contributed by atoms with Crippen molar-refractivity contribution in [2.45, 2.75) is 71.6 Å². The van der Waals surface area contributed by atoms with Gasteiger partial charge < -0.3 is 29.1 Å². The highest BCUT2D eigenvalue weighted by Crippen LogP contribution is 2.48. The van der Waals surface area contributed by atoms with E-state index in [0.717, 1.165) is 69.9 Å². The first-order valence-electron chi connectivity index (χ1n) is 11.1. The van der Waals surface area contributed by atoms with E-state index in [-0.39, 0.29) is 12.2 Å². The van der Waals surface area contributed by atoms with Gasteiger partial charge in [-0.1, -0.05) is 44.9 Å². The van der Waals surface area contributed by atoms with Crippen molar-refractivity contribution < 1.29 is 38.5 Å². The van der Waals surface area contributed by atoms with Crippen LogP contribution in [-0.2, 0) is 18.3 Å². The number of hydrogen-bond donors (Lipinski definition) is 3. The second-order valence-electron chi connectivity index (χ2n) is 7.35. The van der Waals surface area contributed by atoms with Gasteiger partial charge in [0, 0.05) is 0 Å². The average molecular weight is 461 g/mol. The molecule has 1 rings (SSSR count). The summed E-state index contributed by atoms with van der Waals surface area (Å²) in [5, 5.41) is 28.1. The van der Waals surface area contributed by atoms with Gasteiger partial charge in [-0.3, -0.25) is 4.57 Å². The monoisotopic (exact) mass is 460 g/mol. The SMILES string of the molecule is CCOP(=O)(CCCCCCCCCCCOC(=O)c1cc(O)c(O)c(O)c1)OCC. The van der Waals surface area contributed by atoms with E-state index in [2.05, 4.69) is 0 Å². The van der Waals surface area contributed by atoms with Gasteiger partial charge in [-0.2, -0.15) is 0 Å². The fourth-order valence-corrected chi connectivity index (χ4v) is 4.91. The molecule has 0 aromatic heterocycles. The highest BCUT2D eigenvalue weighted by atomic mass is 31.2. The number of phenols is 3. The highest BCUT2D eigenvalue weighted by Gasteiger charge is 2.22. The zero-order chi connectivity index (χ0) is 23.1. The third kappa shape index (κ3) is 10.9. The summed E-state index contributed by atoms with van der Waals surface area (Å²) in [5.41, 5.74) is -0.00772. The number of unbranched alkanes of at least 4 members (excludes halogenated alkanes) is 8.